The van der Waals surface area contributed by atoms with Gasteiger partial charge in [-0.1, -0.05) is 30.7 Å². The molecule has 24 heavy (non-hydrogen) atoms. The topological polar surface area (TPSA) is 67.4 Å². The molecule has 0 fully saturated rings. The highest BCUT2D eigenvalue weighted by atomic mass is 16.5. The summed E-state index contributed by atoms with van der Waals surface area (Å²) in [5.41, 5.74) is 3.05. The van der Waals surface area contributed by atoms with Crippen LogP contribution in [0.15, 0.2) is 48.5 Å². The Kier molecular flexibility index (Phi) is 6.37. The molecule has 0 aliphatic heterocycles. The van der Waals surface area contributed by atoms with Crippen molar-refractivity contribution in [3.05, 3.63) is 59.7 Å². The Balaban J connectivity index is 1.88. The van der Waals surface area contributed by atoms with Crippen molar-refractivity contribution in [1.82, 2.24) is 0 Å². The molecule has 0 aliphatic rings. The average molecular weight is 326 g/mol. The number of carbonyl (C=O) groups excluding carboxylic acids is 2. The number of rotatable bonds is 7. The minimum Gasteiger partial charge on any atom is -0.462 e. The van der Waals surface area contributed by atoms with Crippen molar-refractivity contribution in [1.29, 1.82) is 0 Å². The van der Waals surface area contributed by atoms with Crippen LogP contribution in [0.5, 0.6) is 0 Å². The van der Waals surface area contributed by atoms with Gasteiger partial charge in [-0.2, -0.15) is 0 Å². The van der Waals surface area contributed by atoms with E-state index in [-0.39, 0.29) is 18.4 Å². The third-order valence-corrected chi connectivity index (χ3v) is 3.32. The van der Waals surface area contributed by atoms with Gasteiger partial charge in [-0.05, 0) is 43.7 Å². The van der Waals surface area contributed by atoms with Crippen LogP contribution in [0.2, 0.25) is 0 Å². The average Bonchev–Trinajstić information content (AvgIpc) is 2.60. The Labute approximate surface area is 142 Å². The maximum atomic E-state index is 12.0. The van der Waals surface area contributed by atoms with Crippen LogP contribution in [0.4, 0.5) is 11.4 Å². The standard InChI is InChI=1S/C19H22N2O3/c1-3-11-24-19(23)15-5-4-6-17(12-15)20-13-18(22)21-16-9-7-14(2)8-10-16/h4-10,12,20H,3,11,13H2,1-2H3,(H,21,22). The van der Waals surface area contributed by atoms with E-state index in [4.69, 9.17) is 4.74 Å². The number of carbonyl (C=O) groups is 2. The largest absolute Gasteiger partial charge is 0.462 e. The molecule has 1 amide bonds. The number of amides is 1. The summed E-state index contributed by atoms with van der Waals surface area (Å²) in [7, 11) is 0. The lowest BCUT2D eigenvalue weighted by molar-refractivity contribution is -0.114. The Hall–Kier alpha value is -2.82. The second-order valence-electron chi connectivity index (χ2n) is 5.48. The molecule has 0 saturated carbocycles. The fourth-order valence-corrected chi connectivity index (χ4v) is 2.06. The molecule has 2 aromatic carbocycles. The van der Waals surface area contributed by atoms with E-state index in [1.54, 1.807) is 24.3 Å². The third-order valence-electron chi connectivity index (χ3n) is 3.32. The molecule has 2 N–H and O–H groups in total. The first-order valence-electron chi connectivity index (χ1n) is 7.96. The molecule has 0 aliphatic carbocycles. The zero-order valence-corrected chi connectivity index (χ0v) is 14.0. The molecule has 0 aromatic heterocycles. The summed E-state index contributed by atoms with van der Waals surface area (Å²) in [5, 5.41) is 5.82. The fourth-order valence-electron chi connectivity index (χ4n) is 2.06. The summed E-state index contributed by atoms with van der Waals surface area (Å²) in [6.45, 7) is 4.44. The van der Waals surface area contributed by atoms with Gasteiger partial charge in [-0.3, -0.25) is 4.79 Å². The Morgan fingerprint density at radius 2 is 1.79 bits per heavy atom. The van der Waals surface area contributed by atoms with Crippen LogP contribution in [0.25, 0.3) is 0 Å². The van der Waals surface area contributed by atoms with Crippen molar-refractivity contribution in [2.24, 2.45) is 0 Å². The van der Waals surface area contributed by atoms with E-state index in [1.165, 1.54) is 0 Å². The lowest BCUT2D eigenvalue weighted by atomic mass is 10.2. The van der Waals surface area contributed by atoms with Gasteiger partial charge in [0.1, 0.15) is 0 Å². The van der Waals surface area contributed by atoms with Gasteiger partial charge in [0.15, 0.2) is 0 Å². The van der Waals surface area contributed by atoms with Gasteiger partial charge in [-0.25, -0.2) is 4.79 Å². The number of hydrogen-bond acceptors (Lipinski definition) is 4. The van der Waals surface area contributed by atoms with Crippen LogP contribution < -0.4 is 10.6 Å². The zero-order valence-electron chi connectivity index (χ0n) is 14.0. The highest BCUT2D eigenvalue weighted by Crippen LogP contribution is 2.12. The number of aryl methyl sites for hydroxylation is 1. The van der Waals surface area contributed by atoms with Gasteiger partial charge in [0, 0.05) is 11.4 Å². The molecule has 2 aromatic rings. The third kappa shape index (κ3) is 5.43. The summed E-state index contributed by atoms with van der Waals surface area (Å²) < 4.78 is 5.10. The predicted octanol–water partition coefficient (Wildman–Crippen LogP) is 3.61. The van der Waals surface area contributed by atoms with E-state index >= 15 is 0 Å². The SMILES string of the molecule is CCCOC(=O)c1cccc(NCC(=O)Nc2ccc(C)cc2)c1. The van der Waals surface area contributed by atoms with Gasteiger partial charge in [0.25, 0.3) is 0 Å². The lowest BCUT2D eigenvalue weighted by Crippen LogP contribution is -2.21. The first-order chi connectivity index (χ1) is 11.6. The maximum absolute atomic E-state index is 12.0. The van der Waals surface area contributed by atoms with Gasteiger partial charge in [-0.15, -0.1) is 0 Å². The molecule has 0 radical (unpaired) electrons. The molecule has 2 rings (SSSR count). The van der Waals surface area contributed by atoms with Crippen LogP contribution in [-0.2, 0) is 9.53 Å². The number of esters is 1. The van der Waals surface area contributed by atoms with E-state index in [9.17, 15) is 9.59 Å². The molecule has 0 atom stereocenters. The van der Waals surface area contributed by atoms with E-state index in [1.807, 2.05) is 38.1 Å². The summed E-state index contributed by atoms with van der Waals surface area (Å²) >= 11 is 0. The molecular formula is C19H22N2O3. The lowest BCUT2D eigenvalue weighted by Gasteiger charge is -2.09. The quantitative estimate of drug-likeness (QED) is 0.763. The van der Waals surface area contributed by atoms with Gasteiger partial charge in [0.05, 0.1) is 18.7 Å². The highest BCUT2D eigenvalue weighted by molar-refractivity contribution is 5.94. The summed E-state index contributed by atoms with van der Waals surface area (Å²) in [4.78, 5) is 23.8. The molecule has 0 bridgehead atoms. The van der Waals surface area contributed by atoms with Gasteiger partial charge >= 0.3 is 5.97 Å². The Morgan fingerprint density at radius 3 is 2.50 bits per heavy atom. The van der Waals surface area contributed by atoms with Gasteiger partial charge < -0.3 is 15.4 Å². The molecule has 5 nitrogen and oxygen atoms in total. The van der Waals surface area contributed by atoms with E-state index in [0.717, 1.165) is 17.7 Å². The minimum absolute atomic E-state index is 0.112. The summed E-state index contributed by atoms with van der Waals surface area (Å²) in [6.07, 6.45) is 0.781. The van der Waals surface area contributed by atoms with Crippen LogP contribution in [0.3, 0.4) is 0 Å². The zero-order chi connectivity index (χ0) is 17.4. The van der Waals surface area contributed by atoms with E-state index < -0.39 is 0 Å². The number of ether oxygens (including phenoxy) is 1. The van der Waals surface area contributed by atoms with Crippen molar-refractivity contribution in [2.75, 3.05) is 23.8 Å². The van der Waals surface area contributed by atoms with Crippen molar-refractivity contribution in [3.8, 4) is 0 Å². The number of nitrogens with one attached hydrogen (secondary N) is 2. The normalized spacial score (nSPS) is 10.1. The molecule has 5 heteroatoms. The molecule has 0 spiro atoms. The summed E-state index contributed by atoms with van der Waals surface area (Å²) in [5.74, 6) is -0.512. The second-order valence-corrected chi connectivity index (χ2v) is 5.48. The summed E-state index contributed by atoms with van der Waals surface area (Å²) in [6, 6.07) is 14.5. The second kappa shape index (κ2) is 8.72. The van der Waals surface area contributed by atoms with Crippen molar-refractivity contribution in [2.45, 2.75) is 20.3 Å². The molecular weight excluding hydrogens is 304 g/mol. The molecule has 126 valence electrons. The molecule has 0 saturated heterocycles. The van der Waals surface area contributed by atoms with Crippen LogP contribution in [-0.4, -0.2) is 25.0 Å². The van der Waals surface area contributed by atoms with Crippen LogP contribution in [0, 0.1) is 6.92 Å². The minimum atomic E-state index is -0.357. The predicted molar refractivity (Wildman–Crippen MR) is 95.3 cm³/mol. The van der Waals surface area contributed by atoms with Crippen LogP contribution in [0.1, 0.15) is 29.3 Å². The van der Waals surface area contributed by atoms with E-state index in [2.05, 4.69) is 10.6 Å². The van der Waals surface area contributed by atoms with Crippen LogP contribution >= 0.6 is 0 Å². The van der Waals surface area contributed by atoms with Crippen molar-refractivity contribution in [3.63, 3.8) is 0 Å². The van der Waals surface area contributed by atoms with Crippen molar-refractivity contribution < 1.29 is 14.3 Å². The number of anilines is 2. The smallest absolute Gasteiger partial charge is 0.338 e. The van der Waals surface area contributed by atoms with E-state index in [0.29, 0.717) is 17.9 Å². The van der Waals surface area contributed by atoms with Gasteiger partial charge in [0.2, 0.25) is 5.91 Å². The number of hydrogen-bond donors (Lipinski definition) is 2. The first kappa shape index (κ1) is 17.5. The Bertz CT molecular complexity index is 696. The van der Waals surface area contributed by atoms with Crippen molar-refractivity contribution >= 4 is 23.3 Å². The monoisotopic (exact) mass is 326 g/mol. The fraction of sp³-hybridized carbons (Fsp3) is 0.263. The first-order valence-corrected chi connectivity index (χ1v) is 7.96. The number of benzene rings is 2. The maximum Gasteiger partial charge on any atom is 0.338 e. The Morgan fingerprint density at radius 1 is 1.04 bits per heavy atom. The highest BCUT2D eigenvalue weighted by Gasteiger charge is 2.08. The molecule has 0 heterocycles. The molecule has 0 unspecified atom stereocenters.